The number of benzene rings is 2. The van der Waals surface area contributed by atoms with E-state index in [0.29, 0.717) is 6.04 Å². The van der Waals surface area contributed by atoms with Gasteiger partial charge in [0.2, 0.25) is 0 Å². The van der Waals surface area contributed by atoms with Crippen LogP contribution in [-0.4, -0.2) is 14.1 Å². The first-order valence-electron chi connectivity index (χ1n) is 6.93. The highest BCUT2D eigenvalue weighted by molar-refractivity contribution is 9.10. The molecule has 0 fully saturated rings. The van der Waals surface area contributed by atoms with Gasteiger partial charge in [-0.05, 0) is 55.4 Å². The van der Waals surface area contributed by atoms with Gasteiger partial charge >= 0.3 is 0 Å². The molecular formula is C17H20BrClN2. The highest BCUT2D eigenvalue weighted by atomic mass is 79.9. The average molecular weight is 368 g/mol. The Bertz CT molecular complexity index is 615. The minimum absolute atomic E-state index is 0.291. The van der Waals surface area contributed by atoms with E-state index in [-0.39, 0.29) is 0 Å². The zero-order valence-electron chi connectivity index (χ0n) is 12.5. The van der Waals surface area contributed by atoms with Crippen LogP contribution in [0.5, 0.6) is 0 Å². The monoisotopic (exact) mass is 366 g/mol. The SMILES string of the molecule is CNC(C)c1cc(Br)ccc1N(C)Cc1cccc(Cl)c1. The molecule has 2 aromatic rings. The van der Waals surface area contributed by atoms with Crippen molar-refractivity contribution in [1.82, 2.24) is 5.32 Å². The summed E-state index contributed by atoms with van der Waals surface area (Å²) < 4.78 is 1.10. The van der Waals surface area contributed by atoms with Gasteiger partial charge in [-0.1, -0.05) is 39.7 Å². The minimum Gasteiger partial charge on any atom is -0.370 e. The highest BCUT2D eigenvalue weighted by Gasteiger charge is 2.13. The average Bonchev–Trinajstić information content (AvgIpc) is 2.46. The van der Waals surface area contributed by atoms with E-state index >= 15 is 0 Å². The fraction of sp³-hybridized carbons (Fsp3) is 0.294. The zero-order valence-corrected chi connectivity index (χ0v) is 14.9. The fourth-order valence-corrected chi connectivity index (χ4v) is 2.96. The van der Waals surface area contributed by atoms with Crippen LogP contribution in [-0.2, 0) is 6.54 Å². The second-order valence-corrected chi connectivity index (χ2v) is 6.55. The Morgan fingerprint density at radius 1 is 1.24 bits per heavy atom. The minimum atomic E-state index is 0.291. The van der Waals surface area contributed by atoms with E-state index < -0.39 is 0 Å². The van der Waals surface area contributed by atoms with Crippen molar-refractivity contribution in [3.63, 3.8) is 0 Å². The number of halogens is 2. The molecule has 0 aromatic heterocycles. The molecule has 0 spiro atoms. The summed E-state index contributed by atoms with van der Waals surface area (Å²) in [5.74, 6) is 0. The summed E-state index contributed by atoms with van der Waals surface area (Å²) in [5, 5.41) is 4.09. The summed E-state index contributed by atoms with van der Waals surface area (Å²) >= 11 is 9.62. The first-order chi connectivity index (χ1) is 10.0. The van der Waals surface area contributed by atoms with Crippen molar-refractivity contribution in [2.24, 2.45) is 0 Å². The van der Waals surface area contributed by atoms with E-state index in [4.69, 9.17) is 11.6 Å². The third-order valence-electron chi connectivity index (χ3n) is 3.61. The molecule has 0 aliphatic rings. The van der Waals surface area contributed by atoms with E-state index in [1.807, 2.05) is 25.2 Å². The van der Waals surface area contributed by atoms with Crippen LogP contribution in [0.2, 0.25) is 5.02 Å². The Balaban J connectivity index is 2.28. The van der Waals surface area contributed by atoms with Crippen LogP contribution in [0.25, 0.3) is 0 Å². The molecule has 21 heavy (non-hydrogen) atoms. The van der Waals surface area contributed by atoms with Crippen molar-refractivity contribution in [2.45, 2.75) is 19.5 Å². The topological polar surface area (TPSA) is 15.3 Å². The molecule has 1 atom stereocenters. The lowest BCUT2D eigenvalue weighted by atomic mass is 10.0. The molecule has 0 aliphatic carbocycles. The van der Waals surface area contributed by atoms with Crippen molar-refractivity contribution in [1.29, 1.82) is 0 Å². The Morgan fingerprint density at radius 3 is 2.67 bits per heavy atom. The first-order valence-corrected chi connectivity index (χ1v) is 8.10. The first kappa shape index (κ1) is 16.3. The summed E-state index contributed by atoms with van der Waals surface area (Å²) in [5.41, 5.74) is 3.70. The second kappa shape index (κ2) is 7.30. The van der Waals surface area contributed by atoms with Gasteiger partial charge < -0.3 is 10.2 Å². The van der Waals surface area contributed by atoms with E-state index in [1.165, 1.54) is 16.8 Å². The summed E-state index contributed by atoms with van der Waals surface area (Å²) in [7, 11) is 4.09. The van der Waals surface area contributed by atoms with Crippen LogP contribution in [0.4, 0.5) is 5.69 Å². The van der Waals surface area contributed by atoms with Gasteiger partial charge in [0.15, 0.2) is 0 Å². The Kier molecular flexibility index (Phi) is 5.68. The van der Waals surface area contributed by atoms with Gasteiger partial charge in [0, 0.05) is 34.8 Å². The van der Waals surface area contributed by atoms with Crippen molar-refractivity contribution in [3.05, 3.63) is 63.1 Å². The van der Waals surface area contributed by atoms with Gasteiger partial charge in [-0.25, -0.2) is 0 Å². The summed E-state index contributed by atoms with van der Waals surface area (Å²) in [6.45, 7) is 2.99. The molecule has 112 valence electrons. The molecule has 1 N–H and O–H groups in total. The molecule has 2 nitrogen and oxygen atoms in total. The van der Waals surface area contributed by atoms with E-state index in [1.54, 1.807) is 0 Å². The number of anilines is 1. The van der Waals surface area contributed by atoms with Gasteiger partial charge in [-0.3, -0.25) is 0 Å². The maximum Gasteiger partial charge on any atom is 0.0426 e. The largest absolute Gasteiger partial charge is 0.370 e. The van der Waals surface area contributed by atoms with Crippen LogP contribution in [0.1, 0.15) is 24.1 Å². The summed E-state index contributed by atoms with van der Waals surface area (Å²) in [6, 6.07) is 14.7. The molecule has 0 bridgehead atoms. The van der Waals surface area contributed by atoms with Crippen molar-refractivity contribution < 1.29 is 0 Å². The molecule has 0 saturated heterocycles. The van der Waals surface area contributed by atoms with Crippen molar-refractivity contribution in [3.8, 4) is 0 Å². The van der Waals surface area contributed by atoms with Gasteiger partial charge in [-0.2, -0.15) is 0 Å². The lowest BCUT2D eigenvalue weighted by Crippen LogP contribution is -2.21. The standard InChI is InChI=1S/C17H20BrClN2/c1-12(20-2)16-10-14(18)7-8-17(16)21(3)11-13-5-4-6-15(19)9-13/h4-10,12,20H,11H2,1-3H3. The van der Waals surface area contributed by atoms with Crippen molar-refractivity contribution in [2.75, 3.05) is 19.0 Å². The number of hydrogen-bond donors (Lipinski definition) is 1. The molecular weight excluding hydrogens is 348 g/mol. The summed E-state index contributed by atoms with van der Waals surface area (Å²) in [4.78, 5) is 2.25. The molecule has 0 amide bonds. The third-order valence-corrected chi connectivity index (χ3v) is 4.34. The molecule has 2 rings (SSSR count). The zero-order chi connectivity index (χ0) is 15.4. The lowest BCUT2D eigenvalue weighted by molar-refractivity contribution is 0.649. The molecule has 0 radical (unpaired) electrons. The van der Waals surface area contributed by atoms with Gasteiger partial charge in [0.25, 0.3) is 0 Å². The van der Waals surface area contributed by atoms with Crippen LogP contribution < -0.4 is 10.2 Å². The fourth-order valence-electron chi connectivity index (χ4n) is 2.37. The molecule has 0 saturated carbocycles. The van der Waals surface area contributed by atoms with Crippen LogP contribution in [0, 0.1) is 0 Å². The Morgan fingerprint density at radius 2 is 2.00 bits per heavy atom. The lowest BCUT2D eigenvalue weighted by Gasteiger charge is -2.25. The quantitative estimate of drug-likeness (QED) is 0.798. The van der Waals surface area contributed by atoms with Gasteiger partial charge in [-0.15, -0.1) is 0 Å². The van der Waals surface area contributed by atoms with Gasteiger partial charge in [0.1, 0.15) is 0 Å². The third kappa shape index (κ3) is 4.22. The predicted molar refractivity (Wildman–Crippen MR) is 95.2 cm³/mol. The molecule has 2 aromatic carbocycles. The van der Waals surface area contributed by atoms with Crippen LogP contribution in [0.3, 0.4) is 0 Å². The molecule has 0 heterocycles. The smallest absolute Gasteiger partial charge is 0.0426 e. The molecule has 0 aliphatic heterocycles. The van der Waals surface area contributed by atoms with E-state index in [2.05, 4.69) is 64.4 Å². The maximum absolute atomic E-state index is 6.06. The predicted octanol–water partition coefficient (Wildman–Crippen LogP) is 5.02. The number of rotatable bonds is 5. The Hall–Kier alpha value is -1.03. The normalized spacial score (nSPS) is 12.2. The number of hydrogen-bond acceptors (Lipinski definition) is 2. The maximum atomic E-state index is 6.06. The van der Waals surface area contributed by atoms with E-state index in [9.17, 15) is 0 Å². The Labute approximate surface area is 140 Å². The van der Waals surface area contributed by atoms with Gasteiger partial charge in [0.05, 0.1) is 0 Å². The summed E-state index contributed by atoms with van der Waals surface area (Å²) in [6.07, 6.45) is 0. The number of nitrogens with zero attached hydrogens (tertiary/aromatic N) is 1. The van der Waals surface area contributed by atoms with Crippen LogP contribution >= 0.6 is 27.5 Å². The van der Waals surface area contributed by atoms with E-state index in [0.717, 1.165) is 16.0 Å². The van der Waals surface area contributed by atoms with Crippen LogP contribution in [0.15, 0.2) is 46.9 Å². The second-order valence-electron chi connectivity index (χ2n) is 5.20. The highest BCUT2D eigenvalue weighted by Crippen LogP contribution is 2.29. The molecule has 1 unspecified atom stereocenters. The van der Waals surface area contributed by atoms with Crippen molar-refractivity contribution >= 4 is 33.2 Å². The molecule has 4 heteroatoms. The number of nitrogens with one attached hydrogen (secondary N) is 1.